The van der Waals surface area contributed by atoms with Gasteiger partial charge in [0.05, 0.1) is 34.7 Å². The van der Waals surface area contributed by atoms with E-state index in [1.54, 1.807) is 12.1 Å². The van der Waals surface area contributed by atoms with Crippen molar-refractivity contribution in [1.82, 2.24) is 4.57 Å². The van der Waals surface area contributed by atoms with Crippen LogP contribution in [-0.4, -0.2) is 4.57 Å². The molecule has 0 aliphatic carbocycles. The first kappa shape index (κ1) is 21.1. The normalized spacial score (nSPS) is 12.0. The molecule has 2 aromatic carbocycles. The van der Waals surface area contributed by atoms with Gasteiger partial charge in [-0.2, -0.15) is 17.7 Å². The van der Waals surface area contributed by atoms with Crippen LogP contribution in [0.3, 0.4) is 0 Å². The number of rotatable bonds is 8. The lowest BCUT2D eigenvalue weighted by Gasteiger charge is -2.06. The minimum Gasteiger partial charge on any atom is -0.218 e. The molecular weight excluding hydrogens is 476 g/mol. The summed E-state index contributed by atoms with van der Waals surface area (Å²) in [6.07, 6.45) is 3.05. The number of nitrogens with zero attached hydrogens (tertiary/aromatic N) is 2. The maximum absolute atomic E-state index is 12.9. The number of fused-ring (bicyclic) bond motifs is 1. The fraction of sp³-hybridized carbons (Fsp3) is 0.409. The largest absolute Gasteiger partial charge is 0.416 e. The second-order valence-corrected chi connectivity index (χ2v) is 8.02. The summed E-state index contributed by atoms with van der Waals surface area (Å²) in [6.45, 7) is 3.13. The topological polar surface area (TPSA) is 8.81 Å². The van der Waals surface area contributed by atoms with E-state index >= 15 is 0 Å². The van der Waals surface area contributed by atoms with Crippen molar-refractivity contribution in [3.8, 4) is 5.69 Å². The zero-order valence-electron chi connectivity index (χ0n) is 16.0. The highest BCUT2D eigenvalue weighted by Crippen LogP contribution is 2.30. The van der Waals surface area contributed by atoms with E-state index in [2.05, 4.69) is 40.1 Å². The van der Waals surface area contributed by atoms with Gasteiger partial charge < -0.3 is 0 Å². The molecule has 0 saturated heterocycles. The minimum absolute atomic E-state index is 0.623. The second kappa shape index (κ2) is 9.29. The molecule has 2 nitrogen and oxygen atoms in total. The summed E-state index contributed by atoms with van der Waals surface area (Å²) in [7, 11) is 0. The quantitative estimate of drug-likeness (QED) is 0.180. The maximum Gasteiger partial charge on any atom is 0.416 e. The van der Waals surface area contributed by atoms with E-state index in [-0.39, 0.29) is 0 Å². The molecule has 0 amide bonds. The van der Waals surface area contributed by atoms with Gasteiger partial charge >= 0.3 is 10.0 Å². The minimum atomic E-state index is -4.32. The van der Waals surface area contributed by atoms with Crippen LogP contribution in [0.2, 0.25) is 0 Å². The number of unbranched alkanes of at least 4 members (excludes halogenated alkanes) is 5. The smallest absolute Gasteiger partial charge is 0.218 e. The summed E-state index contributed by atoms with van der Waals surface area (Å²) < 4.78 is 44.0. The Kier molecular flexibility index (Phi) is 7.01. The molecular formula is C22H25F3IN2+. The second-order valence-electron chi connectivity index (χ2n) is 7.06. The summed E-state index contributed by atoms with van der Waals surface area (Å²) in [5.41, 5.74) is 2.25. The van der Waals surface area contributed by atoms with Gasteiger partial charge in [0.25, 0.3) is 0 Å². The summed E-state index contributed by atoms with van der Waals surface area (Å²) in [5.74, 6) is 0. The van der Waals surface area contributed by atoms with Crippen molar-refractivity contribution in [3.63, 3.8) is 0 Å². The average Bonchev–Trinajstić information content (AvgIpc) is 2.95. The van der Waals surface area contributed by atoms with Crippen molar-refractivity contribution in [2.45, 2.75) is 58.2 Å². The highest BCUT2D eigenvalue weighted by molar-refractivity contribution is 14.1. The molecule has 0 radical (unpaired) electrons. The highest BCUT2D eigenvalue weighted by atomic mass is 127. The van der Waals surface area contributed by atoms with Crippen LogP contribution < -0.4 is 4.57 Å². The van der Waals surface area contributed by atoms with Gasteiger partial charge in [-0.25, -0.2) is 4.57 Å². The number of hydrogen-bond donors (Lipinski definition) is 0. The molecule has 0 aliphatic rings. The van der Waals surface area contributed by atoms with Crippen LogP contribution in [-0.2, 0) is 12.7 Å². The van der Waals surface area contributed by atoms with Crippen LogP contribution in [0.4, 0.5) is 13.2 Å². The number of halogens is 4. The first-order chi connectivity index (χ1) is 13.4. The summed E-state index contributed by atoms with van der Waals surface area (Å²) in [6, 6.07) is 13.5. The lowest BCUT2D eigenvalue weighted by Crippen LogP contribution is -2.36. The Bertz CT molecular complexity index is 914. The number of hydrogen-bond acceptors (Lipinski definition) is 0. The predicted octanol–water partition coefficient (Wildman–Crippen LogP) is 6.90. The van der Waals surface area contributed by atoms with Crippen LogP contribution in [0.1, 0.15) is 51.0 Å². The molecule has 3 aromatic rings. The van der Waals surface area contributed by atoms with E-state index in [0.29, 0.717) is 0 Å². The van der Waals surface area contributed by atoms with Crippen LogP contribution in [0.25, 0.3) is 16.7 Å². The fourth-order valence-corrected chi connectivity index (χ4v) is 4.55. The monoisotopic (exact) mass is 501 g/mol. The predicted molar refractivity (Wildman–Crippen MR) is 115 cm³/mol. The van der Waals surface area contributed by atoms with Gasteiger partial charge in [0, 0.05) is 0 Å². The van der Waals surface area contributed by atoms with E-state index in [0.717, 1.165) is 45.7 Å². The zero-order chi connectivity index (χ0) is 20.1. The third-order valence-corrected chi connectivity index (χ3v) is 6.07. The van der Waals surface area contributed by atoms with Crippen molar-refractivity contribution in [3.05, 3.63) is 57.9 Å². The molecule has 150 valence electrons. The molecule has 1 heterocycles. The van der Waals surface area contributed by atoms with E-state index in [4.69, 9.17) is 0 Å². The number of imidazole rings is 1. The van der Waals surface area contributed by atoms with Crippen molar-refractivity contribution < 1.29 is 17.7 Å². The molecule has 0 aliphatic heterocycles. The number of aryl methyl sites for hydroxylation is 1. The Balaban J connectivity index is 1.88. The van der Waals surface area contributed by atoms with Gasteiger partial charge in [-0.15, -0.1) is 0 Å². The summed E-state index contributed by atoms with van der Waals surface area (Å²) in [4.78, 5) is 0. The molecule has 28 heavy (non-hydrogen) atoms. The van der Waals surface area contributed by atoms with E-state index in [1.165, 1.54) is 32.1 Å². The third-order valence-electron chi connectivity index (χ3n) is 5.01. The first-order valence-electron chi connectivity index (χ1n) is 9.80. The van der Waals surface area contributed by atoms with Crippen LogP contribution in [0.5, 0.6) is 0 Å². The molecule has 0 fully saturated rings. The Morgan fingerprint density at radius 3 is 2.21 bits per heavy atom. The number of benzene rings is 2. The molecule has 0 bridgehead atoms. The van der Waals surface area contributed by atoms with E-state index in [1.807, 2.05) is 22.8 Å². The van der Waals surface area contributed by atoms with Gasteiger partial charge in [-0.05, 0) is 49.2 Å². The van der Waals surface area contributed by atoms with Crippen LogP contribution in [0.15, 0.2) is 48.5 Å². The van der Waals surface area contributed by atoms with Gasteiger partial charge in [0.2, 0.25) is 0 Å². The fourth-order valence-electron chi connectivity index (χ4n) is 3.51. The Morgan fingerprint density at radius 2 is 1.54 bits per heavy atom. The molecule has 0 atom stereocenters. The standard InChI is InChI=1S/C22H25F3IN2/c1-2-3-4-5-6-9-16-27-19-10-7-8-11-20(19)28(21(27)26)18-14-12-17(13-15-18)22(23,24)25/h7-8,10-15H,2-6,9,16H2,1H3/q+1. The Labute approximate surface area is 177 Å². The molecule has 0 spiro atoms. The lowest BCUT2D eigenvalue weighted by atomic mass is 10.1. The Hall–Kier alpha value is -1.57. The molecule has 1 aromatic heterocycles. The van der Waals surface area contributed by atoms with E-state index < -0.39 is 11.7 Å². The average molecular weight is 501 g/mol. The molecule has 0 unspecified atom stereocenters. The van der Waals surface area contributed by atoms with Crippen molar-refractivity contribution in [2.75, 3.05) is 0 Å². The van der Waals surface area contributed by atoms with Gasteiger partial charge in [-0.3, -0.25) is 0 Å². The van der Waals surface area contributed by atoms with Crippen LogP contribution in [0, 0.1) is 3.83 Å². The summed E-state index contributed by atoms with van der Waals surface area (Å²) in [5, 5.41) is 0. The van der Waals surface area contributed by atoms with Gasteiger partial charge in [-0.1, -0.05) is 44.7 Å². The van der Waals surface area contributed by atoms with Crippen LogP contribution >= 0.6 is 22.6 Å². The number of para-hydroxylation sites is 2. The van der Waals surface area contributed by atoms with Crippen molar-refractivity contribution >= 4 is 33.6 Å². The molecule has 0 saturated carbocycles. The van der Waals surface area contributed by atoms with Crippen molar-refractivity contribution in [2.24, 2.45) is 0 Å². The van der Waals surface area contributed by atoms with Gasteiger partial charge in [0.15, 0.2) is 11.0 Å². The maximum atomic E-state index is 12.9. The first-order valence-corrected chi connectivity index (χ1v) is 10.9. The number of alkyl halides is 3. The van der Waals surface area contributed by atoms with Crippen molar-refractivity contribution in [1.29, 1.82) is 0 Å². The Morgan fingerprint density at radius 1 is 0.893 bits per heavy atom. The summed E-state index contributed by atoms with van der Waals surface area (Å²) >= 11 is 2.30. The number of aromatic nitrogens is 2. The third kappa shape index (κ3) is 4.70. The molecule has 6 heteroatoms. The van der Waals surface area contributed by atoms with Gasteiger partial charge in [0.1, 0.15) is 5.69 Å². The molecule has 3 rings (SSSR count). The zero-order valence-corrected chi connectivity index (χ0v) is 18.1. The van der Waals surface area contributed by atoms with E-state index in [9.17, 15) is 13.2 Å². The molecule has 0 N–H and O–H groups in total. The SMILES string of the molecule is CCCCCCCC[n+]1c(I)n(-c2ccc(C(F)(F)F)cc2)c2ccccc21. The highest BCUT2D eigenvalue weighted by Gasteiger charge is 2.31. The lowest BCUT2D eigenvalue weighted by molar-refractivity contribution is -0.685.